The van der Waals surface area contributed by atoms with Crippen LogP contribution in [0.3, 0.4) is 0 Å². The molecule has 0 radical (unpaired) electrons. The number of nitrogens with zero attached hydrogens (tertiary/aromatic N) is 1. The van der Waals surface area contributed by atoms with Gasteiger partial charge in [-0.1, -0.05) is 60.7 Å². The Morgan fingerprint density at radius 2 is 1.58 bits per heavy atom. The molecular formula is C20H21NOS2. The van der Waals surface area contributed by atoms with E-state index in [0.29, 0.717) is 0 Å². The summed E-state index contributed by atoms with van der Waals surface area (Å²) in [4.78, 5) is 1.24. The summed E-state index contributed by atoms with van der Waals surface area (Å²) >= 11 is 7.37. The third-order valence-corrected chi connectivity index (χ3v) is 5.35. The van der Waals surface area contributed by atoms with Gasteiger partial charge in [-0.3, -0.25) is 0 Å². The maximum atomic E-state index is 5.68. The number of benzene rings is 2. The Kier molecular flexibility index (Phi) is 5.96. The highest BCUT2D eigenvalue weighted by molar-refractivity contribution is 7.73. The first kappa shape index (κ1) is 17.1. The first-order valence-electron chi connectivity index (χ1n) is 8.23. The molecule has 24 heavy (non-hydrogen) atoms. The van der Waals surface area contributed by atoms with E-state index in [0.717, 1.165) is 30.1 Å². The van der Waals surface area contributed by atoms with Crippen LogP contribution in [0.5, 0.6) is 0 Å². The molecule has 0 saturated heterocycles. The van der Waals surface area contributed by atoms with Gasteiger partial charge >= 0.3 is 0 Å². The van der Waals surface area contributed by atoms with Gasteiger partial charge < -0.3 is 9.30 Å². The lowest BCUT2D eigenvalue weighted by atomic mass is 10.1. The molecule has 3 aromatic rings. The van der Waals surface area contributed by atoms with Crippen LogP contribution in [0.4, 0.5) is 0 Å². The number of hydrogen-bond acceptors (Lipinski definition) is 3. The SMILES string of the molecule is CCOCCCn1c(-c2ccccc2)c(-c2ccccc2)sc1=S. The topological polar surface area (TPSA) is 14.2 Å². The maximum absolute atomic E-state index is 5.68. The number of rotatable bonds is 7. The van der Waals surface area contributed by atoms with Crippen molar-refractivity contribution in [2.45, 2.75) is 19.9 Å². The van der Waals surface area contributed by atoms with Gasteiger partial charge in [-0.15, -0.1) is 11.3 Å². The Hall–Kier alpha value is -1.75. The second kappa shape index (κ2) is 8.38. The van der Waals surface area contributed by atoms with Gasteiger partial charge in [0, 0.05) is 19.8 Å². The Balaban J connectivity index is 2.05. The molecule has 4 heteroatoms. The van der Waals surface area contributed by atoms with Gasteiger partial charge in [0.05, 0.1) is 10.6 Å². The summed E-state index contributed by atoms with van der Waals surface area (Å²) in [5, 5.41) is 0. The minimum atomic E-state index is 0.760. The Labute approximate surface area is 152 Å². The zero-order valence-corrected chi connectivity index (χ0v) is 15.4. The van der Waals surface area contributed by atoms with Crippen molar-refractivity contribution in [3.8, 4) is 21.7 Å². The average molecular weight is 356 g/mol. The van der Waals surface area contributed by atoms with E-state index in [4.69, 9.17) is 17.0 Å². The molecule has 1 aromatic heterocycles. The number of aromatic nitrogens is 1. The van der Waals surface area contributed by atoms with E-state index in [1.165, 1.54) is 21.7 Å². The van der Waals surface area contributed by atoms with Gasteiger partial charge in [0.2, 0.25) is 0 Å². The first-order valence-corrected chi connectivity index (χ1v) is 9.46. The molecule has 124 valence electrons. The van der Waals surface area contributed by atoms with Crippen molar-refractivity contribution in [2.75, 3.05) is 13.2 Å². The summed E-state index contributed by atoms with van der Waals surface area (Å²) in [6.45, 7) is 4.43. The van der Waals surface area contributed by atoms with E-state index in [-0.39, 0.29) is 0 Å². The van der Waals surface area contributed by atoms with Crippen molar-refractivity contribution in [3.63, 3.8) is 0 Å². The molecule has 1 heterocycles. The van der Waals surface area contributed by atoms with Crippen LogP contribution in [0.25, 0.3) is 21.7 Å². The molecule has 2 aromatic carbocycles. The van der Waals surface area contributed by atoms with E-state index >= 15 is 0 Å². The van der Waals surface area contributed by atoms with Crippen molar-refractivity contribution in [1.29, 1.82) is 0 Å². The Morgan fingerprint density at radius 1 is 0.958 bits per heavy atom. The lowest BCUT2D eigenvalue weighted by molar-refractivity contribution is 0.141. The number of ether oxygens (including phenoxy) is 1. The smallest absolute Gasteiger partial charge is 0.162 e. The quantitative estimate of drug-likeness (QED) is 0.379. The van der Waals surface area contributed by atoms with Gasteiger partial charge in [0.15, 0.2) is 3.95 Å². The monoisotopic (exact) mass is 355 g/mol. The van der Waals surface area contributed by atoms with Crippen LogP contribution < -0.4 is 0 Å². The van der Waals surface area contributed by atoms with E-state index in [2.05, 4.69) is 53.1 Å². The van der Waals surface area contributed by atoms with Crippen LogP contribution in [0.2, 0.25) is 0 Å². The molecule has 0 bridgehead atoms. The second-order valence-corrected chi connectivity index (χ2v) is 7.12. The molecule has 0 unspecified atom stereocenters. The van der Waals surface area contributed by atoms with Gasteiger partial charge in [0.1, 0.15) is 0 Å². The Morgan fingerprint density at radius 3 is 2.21 bits per heavy atom. The van der Waals surface area contributed by atoms with Gasteiger partial charge in [0.25, 0.3) is 0 Å². The minimum Gasteiger partial charge on any atom is -0.382 e. The molecule has 0 atom stereocenters. The van der Waals surface area contributed by atoms with Crippen molar-refractivity contribution in [2.24, 2.45) is 0 Å². The van der Waals surface area contributed by atoms with E-state index < -0.39 is 0 Å². The van der Waals surface area contributed by atoms with Crippen molar-refractivity contribution in [3.05, 3.63) is 64.6 Å². The zero-order chi connectivity index (χ0) is 16.8. The largest absolute Gasteiger partial charge is 0.382 e. The maximum Gasteiger partial charge on any atom is 0.162 e. The van der Waals surface area contributed by atoms with Crippen LogP contribution in [0, 0.1) is 3.95 Å². The highest BCUT2D eigenvalue weighted by Gasteiger charge is 2.16. The van der Waals surface area contributed by atoms with E-state index in [1.807, 2.05) is 19.1 Å². The molecule has 0 fully saturated rings. The molecule has 3 rings (SSSR count). The standard InChI is InChI=1S/C20H21NOS2/c1-2-22-15-9-14-21-18(16-10-5-3-6-11-16)19(24-20(21)23)17-12-7-4-8-13-17/h3-8,10-13H,2,9,14-15H2,1H3. The molecule has 0 spiro atoms. The fraction of sp³-hybridized carbons (Fsp3) is 0.250. The van der Waals surface area contributed by atoms with Crippen molar-refractivity contribution < 1.29 is 4.74 Å². The zero-order valence-electron chi connectivity index (χ0n) is 13.8. The Bertz CT molecular complexity index is 822. The van der Waals surface area contributed by atoms with Crippen LogP contribution in [-0.4, -0.2) is 17.8 Å². The molecule has 0 aliphatic heterocycles. The lowest BCUT2D eigenvalue weighted by Crippen LogP contribution is -2.04. The van der Waals surface area contributed by atoms with Gasteiger partial charge in [-0.25, -0.2) is 0 Å². The van der Waals surface area contributed by atoms with E-state index in [9.17, 15) is 0 Å². The summed E-state index contributed by atoms with van der Waals surface area (Å²) in [5.41, 5.74) is 3.64. The fourth-order valence-electron chi connectivity index (χ4n) is 2.74. The molecular weight excluding hydrogens is 334 g/mol. The van der Waals surface area contributed by atoms with Crippen molar-refractivity contribution >= 4 is 23.6 Å². The normalized spacial score (nSPS) is 10.9. The summed E-state index contributed by atoms with van der Waals surface area (Å²) in [6.07, 6.45) is 0.965. The van der Waals surface area contributed by atoms with Gasteiger partial charge in [-0.05, 0) is 36.7 Å². The second-order valence-electron chi connectivity index (χ2n) is 5.48. The average Bonchev–Trinajstić information content (AvgIpc) is 2.97. The third kappa shape index (κ3) is 3.83. The number of thiazole rings is 1. The lowest BCUT2D eigenvalue weighted by Gasteiger charge is -2.11. The summed E-state index contributed by atoms with van der Waals surface area (Å²) in [6, 6.07) is 21.0. The predicted octanol–water partition coefficient (Wildman–Crippen LogP) is 6.04. The molecule has 0 N–H and O–H groups in total. The van der Waals surface area contributed by atoms with E-state index in [1.54, 1.807) is 11.3 Å². The highest BCUT2D eigenvalue weighted by atomic mass is 32.1. The summed E-state index contributed by atoms with van der Waals surface area (Å²) in [7, 11) is 0. The van der Waals surface area contributed by atoms with Crippen LogP contribution in [0.1, 0.15) is 13.3 Å². The molecule has 0 aliphatic carbocycles. The van der Waals surface area contributed by atoms with Crippen LogP contribution in [0.15, 0.2) is 60.7 Å². The molecule has 0 amide bonds. The van der Waals surface area contributed by atoms with Crippen LogP contribution in [-0.2, 0) is 11.3 Å². The van der Waals surface area contributed by atoms with Gasteiger partial charge in [-0.2, -0.15) is 0 Å². The summed E-state index contributed by atoms with van der Waals surface area (Å²) < 4.78 is 8.67. The van der Waals surface area contributed by atoms with Crippen LogP contribution >= 0.6 is 23.6 Å². The fourth-order valence-corrected chi connectivity index (χ4v) is 4.22. The molecule has 0 saturated carbocycles. The first-order chi connectivity index (χ1) is 11.8. The molecule has 2 nitrogen and oxygen atoms in total. The minimum absolute atomic E-state index is 0.760. The predicted molar refractivity (Wildman–Crippen MR) is 105 cm³/mol. The molecule has 0 aliphatic rings. The van der Waals surface area contributed by atoms with Crippen molar-refractivity contribution in [1.82, 2.24) is 4.57 Å². The highest BCUT2D eigenvalue weighted by Crippen LogP contribution is 2.38. The number of hydrogen-bond donors (Lipinski definition) is 0. The summed E-state index contributed by atoms with van der Waals surface area (Å²) in [5.74, 6) is 0. The third-order valence-electron chi connectivity index (χ3n) is 3.85.